The van der Waals surface area contributed by atoms with E-state index < -0.39 is 58.2 Å². The zero-order chi connectivity index (χ0) is 29.2. The molecule has 8 atom stereocenters. The van der Waals surface area contributed by atoms with Gasteiger partial charge in [-0.3, -0.25) is 9.59 Å². The number of fused-ring (bicyclic) bond motifs is 6. The average molecular weight is 553 g/mol. The molecule has 0 radical (unpaired) electrons. The molecule has 2 bridgehead atoms. The molecule has 1 aromatic rings. The fraction of sp³-hybridized carbons (Fsp3) is 0.625. The van der Waals surface area contributed by atoms with Crippen molar-refractivity contribution >= 4 is 23.7 Å². The number of methoxy groups -OCH3 is 1. The van der Waals surface area contributed by atoms with Crippen LogP contribution in [0, 0.1) is 39.9 Å². The van der Waals surface area contributed by atoms with Gasteiger partial charge in [0.15, 0.2) is 0 Å². The van der Waals surface area contributed by atoms with Crippen LogP contribution in [0.25, 0.3) is 0 Å². The molecule has 40 heavy (non-hydrogen) atoms. The summed E-state index contributed by atoms with van der Waals surface area (Å²) >= 11 is 0. The molecule has 5 rings (SSSR count). The number of esters is 3. The lowest BCUT2D eigenvalue weighted by Crippen LogP contribution is -2.68. The normalized spacial score (nSPS) is 38.4. The molecule has 0 N–H and O–H groups in total. The summed E-state index contributed by atoms with van der Waals surface area (Å²) in [6.45, 7) is 11.6. The number of ketones is 1. The maximum atomic E-state index is 14.5. The number of Topliss-reactive ketones (excluding diaryl/α,β-unsaturated/α-hetero) is 1. The van der Waals surface area contributed by atoms with Crippen molar-refractivity contribution in [3.05, 3.63) is 47.5 Å². The second-order valence-electron chi connectivity index (χ2n) is 13.1. The van der Waals surface area contributed by atoms with E-state index in [0.717, 1.165) is 17.6 Å². The molecular formula is C32H40O8. The van der Waals surface area contributed by atoms with E-state index in [1.165, 1.54) is 7.11 Å². The van der Waals surface area contributed by atoms with Crippen molar-refractivity contribution in [1.29, 1.82) is 0 Å². The van der Waals surface area contributed by atoms with E-state index in [4.69, 9.17) is 18.6 Å². The summed E-state index contributed by atoms with van der Waals surface area (Å²) in [6, 6.07) is 1.83. The van der Waals surface area contributed by atoms with Gasteiger partial charge in [-0.15, -0.1) is 0 Å². The van der Waals surface area contributed by atoms with Crippen LogP contribution < -0.4 is 0 Å². The van der Waals surface area contributed by atoms with Gasteiger partial charge in [-0.05, 0) is 62.5 Å². The van der Waals surface area contributed by atoms with Gasteiger partial charge in [0.05, 0.1) is 25.6 Å². The summed E-state index contributed by atoms with van der Waals surface area (Å²) in [6.07, 6.45) is 7.20. The average Bonchev–Trinajstić information content (AvgIpc) is 3.45. The third-order valence-corrected chi connectivity index (χ3v) is 10.9. The van der Waals surface area contributed by atoms with E-state index in [1.807, 2.05) is 26.8 Å². The summed E-state index contributed by atoms with van der Waals surface area (Å²) in [5.41, 5.74) is 0.193. The smallest absolute Gasteiger partial charge is 0.333 e. The molecule has 0 aromatic carbocycles. The van der Waals surface area contributed by atoms with Gasteiger partial charge in [-0.25, -0.2) is 9.59 Å². The second kappa shape index (κ2) is 9.74. The number of carbonyl (C=O) groups excluding carboxylic acids is 4. The molecule has 1 aliphatic heterocycles. The van der Waals surface area contributed by atoms with Crippen LogP contribution in [0.2, 0.25) is 0 Å². The van der Waals surface area contributed by atoms with E-state index in [0.29, 0.717) is 18.4 Å². The fourth-order valence-electron chi connectivity index (χ4n) is 8.70. The standard InChI is InChI=1S/C32H40O8/c1-8-17(2)29(36)40-28-20-13-19-21(32(6,26(20)35)23(30(28,3)4)15-24(33)37-7)9-11-31(5)22(19)14-25(34)39-27(31)18-10-12-38-16-18/h8,10,12,14,16,19-21,23,27-28H,9,11,13,15H2,1-7H3. The topological polar surface area (TPSA) is 109 Å². The van der Waals surface area contributed by atoms with Gasteiger partial charge < -0.3 is 18.6 Å². The molecule has 3 fully saturated rings. The summed E-state index contributed by atoms with van der Waals surface area (Å²) < 4.78 is 22.5. The van der Waals surface area contributed by atoms with E-state index in [-0.39, 0.29) is 24.0 Å². The minimum absolute atomic E-state index is 0.0342. The van der Waals surface area contributed by atoms with Crippen molar-refractivity contribution in [3.8, 4) is 0 Å². The predicted octanol–water partition coefficient (Wildman–Crippen LogP) is 5.53. The highest BCUT2D eigenvalue weighted by Gasteiger charge is 2.70. The molecule has 1 aromatic heterocycles. The van der Waals surface area contributed by atoms with Gasteiger partial charge in [-0.1, -0.05) is 33.8 Å². The molecule has 8 nitrogen and oxygen atoms in total. The van der Waals surface area contributed by atoms with Gasteiger partial charge in [0.2, 0.25) is 0 Å². The SMILES string of the molecule is CC=C(C)C(=O)OC1C2CC3C4=CC(=O)OC(c5ccoc5)C4(C)CCC3C(C)(C2=O)C(CC(=O)OC)C1(C)C. The first-order valence-corrected chi connectivity index (χ1v) is 14.2. The Hall–Kier alpha value is -3.16. The number of furan rings is 1. The van der Waals surface area contributed by atoms with Crippen LogP contribution in [0.5, 0.6) is 0 Å². The highest BCUT2D eigenvalue weighted by atomic mass is 16.6. The third kappa shape index (κ3) is 4.00. The summed E-state index contributed by atoms with van der Waals surface area (Å²) in [5.74, 6) is -2.46. The lowest BCUT2D eigenvalue weighted by atomic mass is 9.38. The molecule has 0 saturated heterocycles. The van der Waals surface area contributed by atoms with Crippen molar-refractivity contribution in [2.24, 2.45) is 39.9 Å². The van der Waals surface area contributed by atoms with Crippen LogP contribution in [0.3, 0.4) is 0 Å². The molecule has 3 saturated carbocycles. The van der Waals surface area contributed by atoms with Gasteiger partial charge >= 0.3 is 17.9 Å². The highest BCUT2D eigenvalue weighted by molar-refractivity contribution is 5.93. The number of cyclic esters (lactones) is 1. The van der Waals surface area contributed by atoms with Gasteiger partial charge in [0.25, 0.3) is 0 Å². The Labute approximate surface area is 235 Å². The Morgan fingerprint density at radius 2 is 1.88 bits per heavy atom. The van der Waals surface area contributed by atoms with Gasteiger partial charge in [-0.2, -0.15) is 0 Å². The maximum absolute atomic E-state index is 14.5. The minimum Gasteiger partial charge on any atom is -0.472 e. The van der Waals surface area contributed by atoms with Gasteiger partial charge in [0, 0.05) is 39.9 Å². The first kappa shape index (κ1) is 28.4. The zero-order valence-electron chi connectivity index (χ0n) is 24.4. The number of hydrogen-bond acceptors (Lipinski definition) is 8. The Balaban J connectivity index is 1.63. The zero-order valence-corrected chi connectivity index (χ0v) is 24.4. The number of allylic oxidation sites excluding steroid dienone is 1. The summed E-state index contributed by atoms with van der Waals surface area (Å²) in [5, 5.41) is 0. The molecule has 4 aliphatic rings. The van der Waals surface area contributed by atoms with Crippen molar-refractivity contribution in [3.63, 3.8) is 0 Å². The summed E-state index contributed by atoms with van der Waals surface area (Å²) in [7, 11) is 1.35. The van der Waals surface area contributed by atoms with E-state index in [9.17, 15) is 19.2 Å². The highest BCUT2D eigenvalue weighted by Crippen LogP contribution is 2.69. The number of carbonyl (C=O) groups is 4. The minimum atomic E-state index is -0.877. The van der Waals surface area contributed by atoms with E-state index >= 15 is 0 Å². The van der Waals surface area contributed by atoms with Crippen molar-refractivity contribution in [1.82, 2.24) is 0 Å². The van der Waals surface area contributed by atoms with Crippen molar-refractivity contribution in [2.45, 2.75) is 79.4 Å². The van der Waals surface area contributed by atoms with Crippen molar-refractivity contribution in [2.75, 3.05) is 7.11 Å². The Bertz CT molecular complexity index is 1290. The molecule has 8 unspecified atom stereocenters. The Kier molecular flexibility index (Phi) is 6.91. The van der Waals surface area contributed by atoms with Crippen molar-refractivity contribution < 1.29 is 37.8 Å². The second-order valence-corrected chi connectivity index (χ2v) is 13.1. The Morgan fingerprint density at radius 3 is 2.50 bits per heavy atom. The van der Waals surface area contributed by atoms with Crippen LogP contribution in [0.4, 0.5) is 0 Å². The molecule has 8 heteroatoms. The lowest BCUT2D eigenvalue weighted by Gasteiger charge is -2.65. The summed E-state index contributed by atoms with van der Waals surface area (Å²) in [4.78, 5) is 53.3. The maximum Gasteiger partial charge on any atom is 0.333 e. The largest absolute Gasteiger partial charge is 0.472 e. The number of ether oxygens (including phenoxy) is 3. The van der Waals surface area contributed by atoms with Crippen LogP contribution in [-0.4, -0.2) is 36.9 Å². The first-order valence-electron chi connectivity index (χ1n) is 14.2. The predicted molar refractivity (Wildman–Crippen MR) is 144 cm³/mol. The monoisotopic (exact) mass is 552 g/mol. The molecule has 0 amide bonds. The quantitative estimate of drug-likeness (QED) is 0.267. The van der Waals surface area contributed by atoms with Crippen LogP contribution in [-0.2, 0) is 33.4 Å². The van der Waals surface area contributed by atoms with E-state index in [2.05, 4.69) is 6.92 Å². The lowest BCUT2D eigenvalue weighted by molar-refractivity contribution is -0.209. The van der Waals surface area contributed by atoms with Gasteiger partial charge in [0.1, 0.15) is 18.0 Å². The first-order chi connectivity index (χ1) is 18.8. The van der Waals surface area contributed by atoms with Crippen LogP contribution in [0.1, 0.15) is 78.9 Å². The molecule has 0 spiro atoms. The molecule has 3 aliphatic carbocycles. The Morgan fingerprint density at radius 1 is 1.15 bits per heavy atom. The molecule has 216 valence electrons. The molecular weight excluding hydrogens is 512 g/mol. The number of rotatable bonds is 5. The molecule has 2 heterocycles. The van der Waals surface area contributed by atoms with Crippen LogP contribution in [0.15, 0.2) is 46.3 Å². The third-order valence-electron chi connectivity index (χ3n) is 10.9. The number of hydrogen-bond donors (Lipinski definition) is 0. The fourth-order valence-corrected chi connectivity index (χ4v) is 8.70. The van der Waals surface area contributed by atoms with E-state index in [1.54, 1.807) is 38.5 Å². The van der Waals surface area contributed by atoms with Crippen LogP contribution >= 0.6 is 0 Å².